The van der Waals surface area contributed by atoms with Crippen LogP contribution in [0, 0.1) is 6.92 Å². The first-order valence-electron chi connectivity index (χ1n) is 9.40. The molecule has 1 fully saturated rings. The maximum Gasteiger partial charge on any atom is 0.323 e. The number of morpholine rings is 1. The third kappa shape index (κ3) is 7.73. The molecule has 1 aliphatic heterocycles. The fraction of sp³-hybridized carbons (Fsp3) is 0.333. The third-order valence-electron chi connectivity index (χ3n) is 4.38. The number of carbonyl (C=O) groups excluding carboxylic acids is 2. The molecule has 1 heterocycles. The Balaban J connectivity index is 0.00000300. The number of rotatable bonds is 6. The Hall–Kier alpha value is -2.61. The molecule has 29 heavy (non-hydrogen) atoms. The lowest BCUT2D eigenvalue weighted by Gasteiger charge is -2.23. The topological polar surface area (TPSA) is 91.5 Å². The second-order valence-electron chi connectivity index (χ2n) is 6.86. The Labute approximate surface area is 177 Å². The van der Waals surface area contributed by atoms with Crippen LogP contribution < -0.4 is 21.3 Å². The molecule has 8 heteroatoms. The first kappa shape index (κ1) is 22.7. The van der Waals surface area contributed by atoms with Crippen LogP contribution in [0.25, 0.3) is 0 Å². The molecule has 7 nitrogen and oxygen atoms in total. The molecule has 1 aliphatic rings. The SMILES string of the molecule is Cc1cccc(NC(=O)Nc2cccc(CNC(=O)CC3COCCN3)c2)c1.Cl. The summed E-state index contributed by atoms with van der Waals surface area (Å²) in [6.07, 6.45) is 0.386. The Morgan fingerprint density at radius 3 is 2.52 bits per heavy atom. The molecule has 0 saturated carbocycles. The first-order chi connectivity index (χ1) is 13.6. The summed E-state index contributed by atoms with van der Waals surface area (Å²) in [5.74, 6) is -0.0291. The van der Waals surface area contributed by atoms with Crippen LogP contribution in [0.3, 0.4) is 0 Å². The second kappa shape index (κ2) is 11.4. The fourth-order valence-corrected chi connectivity index (χ4v) is 3.02. The lowest BCUT2D eigenvalue weighted by Crippen LogP contribution is -2.44. The van der Waals surface area contributed by atoms with Crippen molar-refractivity contribution in [3.8, 4) is 0 Å². The molecular weight excluding hydrogens is 392 g/mol. The van der Waals surface area contributed by atoms with E-state index in [9.17, 15) is 9.59 Å². The summed E-state index contributed by atoms with van der Waals surface area (Å²) in [7, 11) is 0. The third-order valence-corrected chi connectivity index (χ3v) is 4.38. The van der Waals surface area contributed by atoms with Crippen molar-refractivity contribution in [2.45, 2.75) is 25.9 Å². The normalized spacial score (nSPS) is 15.7. The molecule has 156 valence electrons. The first-order valence-corrected chi connectivity index (χ1v) is 9.40. The van der Waals surface area contributed by atoms with Crippen LogP contribution in [0.4, 0.5) is 16.2 Å². The van der Waals surface area contributed by atoms with Gasteiger partial charge in [-0.3, -0.25) is 4.79 Å². The molecule has 0 radical (unpaired) electrons. The number of halogens is 1. The van der Waals surface area contributed by atoms with Gasteiger partial charge in [0.25, 0.3) is 0 Å². The van der Waals surface area contributed by atoms with E-state index in [-0.39, 0.29) is 30.4 Å². The van der Waals surface area contributed by atoms with Gasteiger partial charge in [-0.2, -0.15) is 0 Å². The van der Waals surface area contributed by atoms with Crippen LogP contribution in [0.2, 0.25) is 0 Å². The Kier molecular flexibility index (Phi) is 8.92. The van der Waals surface area contributed by atoms with Crippen molar-refractivity contribution in [2.75, 3.05) is 30.4 Å². The Morgan fingerprint density at radius 1 is 1.10 bits per heavy atom. The number of hydrogen-bond acceptors (Lipinski definition) is 4. The number of hydrogen-bond donors (Lipinski definition) is 4. The monoisotopic (exact) mass is 418 g/mol. The van der Waals surface area contributed by atoms with Crippen LogP contribution in [-0.2, 0) is 16.1 Å². The molecule has 1 atom stereocenters. The van der Waals surface area contributed by atoms with E-state index >= 15 is 0 Å². The van der Waals surface area contributed by atoms with E-state index < -0.39 is 0 Å². The molecule has 1 unspecified atom stereocenters. The van der Waals surface area contributed by atoms with Crippen molar-refractivity contribution in [3.05, 3.63) is 59.7 Å². The summed E-state index contributed by atoms with van der Waals surface area (Å²) in [5, 5.41) is 11.8. The highest BCUT2D eigenvalue weighted by molar-refractivity contribution is 5.99. The minimum absolute atomic E-state index is 0. The van der Waals surface area contributed by atoms with E-state index in [0.717, 1.165) is 23.4 Å². The van der Waals surface area contributed by atoms with Crippen molar-refractivity contribution in [1.29, 1.82) is 0 Å². The predicted octanol–water partition coefficient (Wildman–Crippen LogP) is 3.06. The highest BCUT2D eigenvalue weighted by Crippen LogP contribution is 2.13. The Morgan fingerprint density at radius 2 is 1.83 bits per heavy atom. The number of nitrogens with one attached hydrogen (secondary N) is 4. The summed E-state index contributed by atoms with van der Waals surface area (Å²) in [6, 6.07) is 14.8. The van der Waals surface area contributed by atoms with Gasteiger partial charge >= 0.3 is 6.03 Å². The zero-order valence-corrected chi connectivity index (χ0v) is 17.2. The molecule has 4 N–H and O–H groups in total. The van der Waals surface area contributed by atoms with Crippen molar-refractivity contribution in [3.63, 3.8) is 0 Å². The van der Waals surface area contributed by atoms with Crippen LogP contribution in [0.15, 0.2) is 48.5 Å². The molecule has 3 amide bonds. The zero-order valence-electron chi connectivity index (χ0n) is 16.4. The quantitative estimate of drug-likeness (QED) is 0.580. The number of benzene rings is 2. The second-order valence-corrected chi connectivity index (χ2v) is 6.86. The van der Waals surface area contributed by atoms with Gasteiger partial charge in [-0.25, -0.2) is 4.79 Å². The van der Waals surface area contributed by atoms with Gasteiger partial charge in [0, 0.05) is 36.9 Å². The molecule has 2 aromatic carbocycles. The largest absolute Gasteiger partial charge is 0.378 e. The van der Waals surface area contributed by atoms with E-state index in [1.807, 2.05) is 55.5 Å². The van der Waals surface area contributed by atoms with Crippen molar-refractivity contribution < 1.29 is 14.3 Å². The predicted molar refractivity (Wildman–Crippen MR) is 117 cm³/mol. The van der Waals surface area contributed by atoms with Gasteiger partial charge in [0.1, 0.15) is 0 Å². The molecule has 3 rings (SSSR count). The van der Waals surface area contributed by atoms with E-state index in [0.29, 0.717) is 31.9 Å². The molecule has 0 aromatic heterocycles. The smallest absolute Gasteiger partial charge is 0.323 e. The lowest BCUT2D eigenvalue weighted by atomic mass is 10.1. The summed E-state index contributed by atoms with van der Waals surface area (Å²) in [6.45, 7) is 4.40. The number of urea groups is 1. The van der Waals surface area contributed by atoms with Crippen LogP contribution in [0.1, 0.15) is 17.5 Å². The minimum atomic E-state index is -0.310. The average Bonchev–Trinajstić information content (AvgIpc) is 2.67. The number of aryl methyl sites for hydroxylation is 1. The number of amides is 3. The van der Waals surface area contributed by atoms with Gasteiger partial charge in [0.15, 0.2) is 0 Å². The Bertz CT molecular complexity index is 825. The molecular formula is C21H27ClN4O3. The maximum atomic E-state index is 12.2. The highest BCUT2D eigenvalue weighted by atomic mass is 35.5. The molecule has 2 aromatic rings. The van der Waals surface area contributed by atoms with Crippen molar-refractivity contribution >= 4 is 35.7 Å². The average molecular weight is 419 g/mol. The number of ether oxygens (including phenoxy) is 1. The fourth-order valence-electron chi connectivity index (χ4n) is 3.02. The molecule has 1 saturated heterocycles. The van der Waals surface area contributed by atoms with Crippen LogP contribution in [-0.4, -0.2) is 37.7 Å². The van der Waals surface area contributed by atoms with Crippen LogP contribution in [0.5, 0.6) is 0 Å². The molecule has 0 spiro atoms. The van der Waals surface area contributed by atoms with Gasteiger partial charge in [-0.1, -0.05) is 24.3 Å². The van der Waals surface area contributed by atoms with Gasteiger partial charge in [-0.15, -0.1) is 12.4 Å². The highest BCUT2D eigenvalue weighted by Gasteiger charge is 2.16. The van der Waals surface area contributed by atoms with Crippen molar-refractivity contribution in [1.82, 2.24) is 10.6 Å². The maximum absolute atomic E-state index is 12.2. The minimum Gasteiger partial charge on any atom is -0.378 e. The van der Waals surface area contributed by atoms with E-state index in [1.165, 1.54) is 0 Å². The zero-order chi connectivity index (χ0) is 19.8. The van der Waals surface area contributed by atoms with Gasteiger partial charge in [-0.05, 0) is 42.3 Å². The summed E-state index contributed by atoms with van der Waals surface area (Å²) < 4.78 is 5.36. The summed E-state index contributed by atoms with van der Waals surface area (Å²) in [4.78, 5) is 24.3. The van der Waals surface area contributed by atoms with E-state index in [1.54, 1.807) is 0 Å². The van der Waals surface area contributed by atoms with Gasteiger partial charge in [0.05, 0.1) is 13.2 Å². The number of carbonyl (C=O) groups is 2. The van der Waals surface area contributed by atoms with Crippen LogP contribution >= 0.6 is 12.4 Å². The van der Waals surface area contributed by atoms with E-state index in [4.69, 9.17) is 4.74 Å². The summed E-state index contributed by atoms with van der Waals surface area (Å²) in [5.41, 5.74) is 3.39. The standard InChI is InChI=1S/C21H26N4O3.ClH/c1-15-4-2-6-17(10-15)24-21(27)25-18-7-3-5-16(11-18)13-23-20(26)12-19-14-28-9-8-22-19;/h2-7,10-11,19,22H,8-9,12-14H2,1H3,(H,23,26)(H2,24,25,27);1H. The summed E-state index contributed by atoms with van der Waals surface area (Å²) >= 11 is 0. The van der Waals surface area contributed by atoms with E-state index in [2.05, 4.69) is 21.3 Å². The van der Waals surface area contributed by atoms with Gasteiger partial charge in [0.2, 0.25) is 5.91 Å². The molecule has 0 bridgehead atoms. The van der Waals surface area contributed by atoms with Crippen molar-refractivity contribution in [2.24, 2.45) is 0 Å². The van der Waals surface area contributed by atoms with Gasteiger partial charge < -0.3 is 26.0 Å². The lowest BCUT2D eigenvalue weighted by molar-refractivity contribution is -0.122. The number of anilines is 2. The molecule has 0 aliphatic carbocycles.